The minimum Gasteiger partial charge on any atom is -0.497 e. The SMILES string of the molecule is COc1ccc(CC(=O)OCC(=O)Nc2c(C)cccc2C)cc1. The Bertz CT molecular complexity index is 702. The van der Waals surface area contributed by atoms with Crippen LogP contribution in [0.1, 0.15) is 16.7 Å². The number of aryl methyl sites for hydroxylation is 2. The van der Waals surface area contributed by atoms with Gasteiger partial charge in [0.05, 0.1) is 13.5 Å². The van der Waals surface area contributed by atoms with Crippen LogP contribution in [0.15, 0.2) is 42.5 Å². The van der Waals surface area contributed by atoms with Gasteiger partial charge in [-0.1, -0.05) is 30.3 Å². The Kier molecular flexibility index (Phi) is 5.95. The zero-order valence-electron chi connectivity index (χ0n) is 14.1. The van der Waals surface area contributed by atoms with Crippen molar-refractivity contribution in [2.75, 3.05) is 19.0 Å². The summed E-state index contributed by atoms with van der Waals surface area (Å²) in [7, 11) is 1.58. The highest BCUT2D eigenvalue weighted by Crippen LogP contribution is 2.19. The number of hydrogen-bond donors (Lipinski definition) is 1. The van der Waals surface area contributed by atoms with Gasteiger partial charge in [0.25, 0.3) is 5.91 Å². The molecule has 0 saturated heterocycles. The van der Waals surface area contributed by atoms with Crippen molar-refractivity contribution in [3.05, 3.63) is 59.2 Å². The minimum atomic E-state index is -0.447. The Labute approximate surface area is 141 Å². The number of nitrogens with one attached hydrogen (secondary N) is 1. The number of benzene rings is 2. The molecular formula is C19H21NO4. The molecule has 2 aromatic carbocycles. The van der Waals surface area contributed by atoms with Crippen LogP contribution in [0.5, 0.6) is 5.75 Å². The Hall–Kier alpha value is -2.82. The second kappa shape index (κ2) is 8.15. The molecule has 0 spiro atoms. The molecule has 0 radical (unpaired) electrons. The number of methoxy groups -OCH3 is 1. The molecule has 5 nitrogen and oxygen atoms in total. The molecule has 126 valence electrons. The van der Waals surface area contributed by atoms with E-state index in [1.54, 1.807) is 31.4 Å². The van der Waals surface area contributed by atoms with Crippen molar-refractivity contribution in [3.8, 4) is 5.75 Å². The van der Waals surface area contributed by atoms with Crippen molar-refractivity contribution in [2.45, 2.75) is 20.3 Å². The number of rotatable bonds is 6. The molecule has 0 bridgehead atoms. The quantitative estimate of drug-likeness (QED) is 0.828. The molecule has 0 atom stereocenters. The molecule has 5 heteroatoms. The lowest BCUT2D eigenvalue weighted by atomic mass is 10.1. The van der Waals surface area contributed by atoms with Crippen LogP contribution in [-0.4, -0.2) is 25.6 Å². The highest BCUT2D eigenvalue weighted by molar-refractivity contribution is 5.94. The molecule has 0 aliphatic heterocycles. The van der Waals surface area contributed by atoms with Gasteiger partial charge in [-0.15, -0.1) is 0 Å². The van der Waals surface area contributed by atoms with Crippen molar-refractivity contribution in [2.24, 2.45) is 0 Å². The molecule has 1 amide bonds. The topological polar surface area (TPSA) is 64.6 Å². The van der Waals surface area contributed by atoms with Crippen molar-refractivity contribution >= 4 is 17.6 Å². The summed E-state index contributed by atoms with van der Waals surface area (Å²) in [6, 6.07) is 12.9. The maximum absolute atomic E-state index is 12.0. The summed E-state index contributed by atoms with van der Waals surface area (Å²) in [4.78, 5) is 23.8. The van der Waals surface area contributed by atoms with E-state index < -0.39 is 5.97 Å². The molecule has 0 aliphatic rings. The number of esters is 1. The molecular weight excluding hydrogens is 306 g/mol. The van der Waals surface area contributed by atoms with Crippen LogP contribution in [-0.2, 0) is 20.7 Å². The Morgan fingerprint density at radius 3 is 2.21 bits per heavy atom. The van der Waals surface area contributed by atoms with Gasteiger partial charge < -0.3 is 14.8 Å². The predicted molar refractivity (Wildman–Crippen MR) is 92.2 cm³/mol. The Morgan fingerprint density at radius 1 is 1.00 bits per heavy atom. The number of ether oxygens (including phenoxy) is 2. The van der Waals surface area contributed by atoms with E-state index in [1.807, 2.05) is 32.0 Å². The average molecular weight is 327 g/mol. The van der Waals surface area contributed by atoms with E-state index in [1.165, 1.54) is 0 Å². The molecule has 2 rings (SSSR count). The summed E-state index contributed by atoms with van der Waals surface area (Å²) in [5.41, 5.74) is 3.49. The zero-order valence-corrected chi connectivity index (χ0v) is 14.1. The fourth-order valence-corrected chi connectivity index (χ4v) is 2.29. The molecule has 1 N–H and O–H groups in total. The van der Waals surface area contributed by atoms with Gasteiger partial charge in [-0.05, 0) is 42.7 Å². The molecule has 2 aromatic rings. The molecule has 0 aliphatic carbocycles. The molecule has 0 unspecified atom stereocenters. The fourth-order valence-electron chi connectivity index (χ4n) is 2.29. The normalized spacial score (nSPS) is 10.1. The zero-order chi connectivity index (χ0) is 17.5. The maximum atomic E-state index is 12.0. The lowest BCUT2D eigenvalue weighted by Crippen LogP contribution is -2.22. The van der Waals surface area contributed by atoms with Crippen LogP contribution < -0.4 is 10.1 Å². The van der Waals surface area contributed by atoms with Crippen molar-refractivity contribution in [1.29, 1.82) is 0 Å². The lowest BCUT2D eigenvalue weighted by molar-refractivity contribution is -0.146. The third-order valence-electron chi connectivity index (χ3n) is 3.62. The molecule has 0 fully saturated rings. The van der Waals surface area contributed by atoms with Crippen LogP contribution in [0.2, 0.25) is 0 Å². The van der Waals surface area contributed by atoms with Gasteiger partial charge in [0.1, 0.15) is 5.75 Å². The van der Waals surface area contributed by atoms with Gasteiger partial charge in [-0.2, -0.15) is 0 Å². The average Bonchev–Trinajstić information content (AvgIpc) is 2.57. The van der Waals surface area contributed by atoms with E-state index in [9.17, 15) is 9.59 Å². The standard InChI is InChI=1S/C19H21NO4/c1-13-5-4-6-14(2)19(13)20-17(21)12-24-18(22)11-15-7-9-16(23-3)10-8-15/h4-10H,11-12H2,1-3H3,(H,20,21). The summed E-state index contributed by atoms with van der Waals surface area (Å²) in [6.45, 7) is 3.53. The largest absolute Gasteiger partial charge is 0.497 e. The number of carbonyl (C=O) groups excluding carboxylic acids is 2. The highest BCUT2D eigenvalue weighted by Gasteiger charge is 2.11. The van der Waals surface area contributed by atoms with Gasteiger partial charge in [-0.25, -0.2) is 0 Å². The van der Waals surface area contributed by atoms with Crippen molar-refractivity contribution in [3.63, 3.8) is 0 Å². The van der Waals surface area contributed by atoms with E-state index in [0.29, 0.717) is 0 Å². The lowest BCUT2D eigenvalue weighted by Gasteiger charge is -2.11. The smallest absolute Gasteiger partial charge is 0.310 e. The van der Waals surface area contributed by atoms with Crippen LogP contribution in [0.3, 0.4) is 0 Å². The van der Waals surface area contributed by atoms with E-state index in [2.05, 4.69) is 5.32 Å². The van der Waals surface area contributed by atoms with E-state index >= 15 is 0 Å². The fraction of sp³-hybridized carbons (Fsp3) is 0.263. The van der Waals surface area contributed by atoms with E-state index in [4.69, 9.17) is 9.47 Å². The van der Waals surface area contributed by atoms with Gasteiger partial charge in [0, 0.05) is 5.69 Å². The monoisotopic (exact) mass is 327 g/mol. The van der Waals surface area contributed by atoms with Crippen LogP contribution in [0.4, 0.5) is 5.69 Å². The van der Waals surface area contributed by atoms with E-state index in [-0.39, 0.29) is 18.9 Å². The van der Waals surface area contributed by atoms with Crippen molar-refractivity contribution in [1.82, 2.24) is 0 Å². The van der Waals surface area contributed by atoms with Crippen LogP contribution in [0, 0.1) is 13.8 Å². The number of para-hydroxylation sites is 1. The number of carbonyl (C=O) groups is 2. The molecule has 0 aromatic heterocycles. The predicted octanol–water partition coefficient (Wildman–Crippen LogP) is 3.04. The molecule has 0 saturated carbocycles. The molecule has 24 heavy (non-hydrogen) atoms. The number of hydrogen-bond acceptors (Lipinski definition) is 4. The summed E-state index contributed by atoms with van der Waals surface area (Å²) in [5.74, 6) is -0.0765. The first-order chi connectivity index (χ1) is 11.5. The van der Waals surface area contributed by atoms with Gasteiger partial charge in [0.2, 0.25) is 0 Å². The first kappa shape index (κ1) is 17.5. The third kappa shape index (κ3) is 4.84. The summed E-state index contributed by atoms with van der Waals surface area (Å²) >= 11 is 0. The van der Waals surface area contributed by atoms with Crippen LogP contribution >= 0.6 is 0 Å². The Balaban J connectivity index is 1.83. The van der Waals surface area contributed by atoms with Crippen LogP contribution in [0.25, 0.3) is 0 Å². The summed E-state index contributed by atoms with van der Waals surface area (Å²) in [6.07, 6.45) is 0.112. The van der Waals surface area contributed by atoms with Gasteiger partial charge in [-0.3, -0.25) is 9.59 Å². The van der Waals surface area contributed by atoms with Crippen molar-refractivity contribution < 1.29 is 19.1 Å². The summed E-state index contributed by atoms with van der Waals surface area (Å²) < 4.78 is 10.1. The number of anilines is 1. The number of amides is 1. The summed E-state index contributed by atoms with van der Waals surface area (Å²) in [5, 5.41) is 2.78. The first-order valence-electron chi connectivity index (χ1n) is 7.64. The second-order valence-electron chi connectivity index (χ2n) is 5.50. The molecule has 0 heterocycles. The maximum Gasteiger partial charge on any atom is 0.310 e. The van der Waals surface area contributed by atoms with Gasteiger partial charge >= 0.3 is 5.97 Å². The highest BCUT2D eigenvalue weighted by atomic mass is 16.5. The van der Waals surface area contributed by atoms with Gasteiger partial charge in [0.15, 0.2) is 6.61 Å². The first-order valence-corrected chi connectivity index (χ1v) is 7.64. The van der Waals surface area contributed by atoms with E-state index in [0.717, 1.165) is 28.1 Å². The Morgan fingerprint density at radius 2 is 1.62 bits per heavy atom. The second-order valence-corrected chi connectivity index (χ2v) is 5.50. The minimum absolute atomic E-state index is 0.112. The third-order valence-corrected chi connectivity index (χ3v) is 3.62.